The topological polar surface area (TPSA) is 187 Å². The van der Waals surface area contributed by atoms with E-state index in [1.807, 2.05) is 6.92 Å². The number of aliphatic hydroxyl groups is 3. The number of benzene rings is 1. The second kappa shape index (κ2) is 9.38. The highest BCUT2D eigenvalue weighted by atomic mass is 16.6. The predicted octanol–water partition coefficient (Wildman–Crippen LogP) is -0.641. The molecule has 0 unspecified atom stereocenters. The fourth-order valence-corrected chi connectivity index (χ4v) is 3.84. The Morgan fingerprint density at radius 3 is 2.62 bits per heavy atom. The van der Waals surface area contributed by atoms with Crippen LogP contribution >= 0.6 is 0 Å². The predicted molar refractivity (Wildman–Crippen MR) is 118 cm³/mol. The van der Waals surface area contributed by atoms with Gasteiger partial charge in [-0.25, -0.2) is 15.0 Å². The van der Waals surface area contributed by atoms with E-state index in [0.717, 1.165) is 0 Å². The molecule has 1 fully saturated rings. The Labute approximate surface area is 194 Å². The fraction of sp³-hybridized carbons (Fsp3) is 0.429. The Balaban J connectivity index is 1.78. The number of aliphatic hydroxyl groups excluding tert-OH is 3. The largest absolute Gasteiger partial charge is 0.490 e. The van der Waals surface area contributed by atoms with Crippen LogP contribution in [0.15, 0.2) is 30.9 Å². The minimum atomic E-state index is -2.07. The van der Waals surface area contributed by atoms with E-state index in [9.17, 15) is 20.1 Å². The van der Waals surface area contributed by atoms with Gasteiger partial charge in [0.1, 0.15) is 30.4 Å². The summed E-state index contributed by atoms with van der Waals surface area (Å²) in [4.78, 5) is 25.5. The Hall–Kier alpha value is -3.52. The van der Waals surface area contributed by atoms with Crippen molar-refractivity contribution >= 4 is 22.9 Å². The van der Waals surface area contributed by atoms with Gasteiger partial charge < -0.3 is 40.6 Å². The van der Waals surface area contributed by atoms with E-state index in [-0.39, 0.29) is 22.5 Å². The lowest BCUT2D eigenvalue weighted by Gasteiger charge is -2.34. The van der Waals surface area contributed by atoms with Crippen molar-refractivity contribution < 1.29 is 34.3 Å². The van der Waals surface area contributed by atoms with Crippen LogP contribution in [-0.4, -0.2) is 78.9 Å². The molecule has 1 aliphatic rings. The van der Waals surface area contributed by atoms with Gasteiger partial charge in [-0.3, -0.25) is 9.36 Å². The smallest absolute Gasteiger partial charge is 0.258 e. The number of carbonyl (C=O) groups is 1. The van der Waals surface area contributed by atoms with E-state index in [1.165, 1.54) is 29.4 Å². The number of rotatable bonds is 8. The number of fused-ring (bicyclic) bond motifs is 1. The van der Waals surface area contributed by atoms with Crippen LogP contribution in [0.2, 0.25) is 0 Å². The lowest BCUT2D eigenvalue weighted by Crippen LogP contribution is -2.58. The minimum absolute atomic E-state index is 0.0739. The first-order chi connectivity index (χ1) is 16.4. The summed E-state index contributed by atoms with van der Waals surface area (Å²) in [6.45, 7) is 3.77. The number of nitrogen functional groups attached to an aromatic ring is 1. The van der Waals surface area contributed by atoms with E-state index >= 15 is 0 Å². The second-order valence-corrected chi connectivity index (χ2v) is 7.50. The molecule has 34 heavy (non-hydrogen) atoms. The van der Waals surface area contributed by atoms with Gasteiger partial charge >= 0.3 is 0 Å². The molecule has 1 aromatic carbocycles. The monoisotopic (exact) mass is 474 g/mol. The molecular formula is C21H26N6O7. The molecule has 1 aliphatic heterocycles. The first-order valence-corrected chi connectivity index (χ1v) is 10.7. The molecule has 3 aromatic rings. The summed E-state index contributed by atoms with van der Waals surface area (Å²) in [5.41, 5.74) is 6.38. The maximum atomic E-state index is 13.3. The number of aromatic nitrogens is 4. The SMILES string of the molecule is CCOc1ccc(C(=O)N[C@@]2(n3cnc4c(N)ncnc43)O[C@H](CO)[C@@H](O)[C@H]2O)cc1OCC. The van der Waals surface area contributed by atoms with Gasteiger partial charge in [-0.05, 0) is 32.0 Å². The first kappa shape index (κ1) is 23.6. The van der Waals surface area contributed by atoms with Crippen molar-refractivity contribution in [1.82, 2.24) is 24.8 Å². The molecule has 0 spiro atoms. The average molecular weight is 474 g/mol. The number of nitrogens with one attached hydrogen (secondary N) is 1. The Bertz CT molecular complexity index is 1190. The molecule has 0 aliphatic carbocycles. The highest BCUT2D eigenvalue weighted by Gasteiger charge is 2.57. The van der Waals surface area contributed by atoms with Crippen LogP contribution < -0.4 is 20.5 Å². The van der Waals surface area contributed by atoms with Gasteiger partial charge in [0, 0.05) is 5.56 Å². The summed E-state index contributed by atoms with van der Waals surface area (Å²) in [6, 6.07) is 4.60. The van der Waals surface area contributed by atoms with Crippen molar-refractivity contribution in [3.05, 3.63) is 36.4 Å². The number of hydrogen-bond acceptors (Lipinski definition) is 11. The maximum absolute atomic E-state index is 13.3. The summed E-state index contributed by atoms with van der Waals surface area (Å²) in [7, 11) is 0. The van der Waals surface area contributed by atoms with Crippen molar-refractivity contribution in [2.24, 2.45) is 0 Å². The summed E-state index contributed by atoms with van der Waals surface area (Å²) in [5.74, 6) is -1.83. The summed E-state index contributed by atoms with van der Waals surface area (Å²) in [5, 5.41) is 33.8. The summed E-state index contributed by atoms with van der Waals surface area (Å²) in [6.07, 6.45) is -1.99. The van der Waals surface area contributed by atoms with Gasteiger partial charge in [-0.2, -0.15) is 0 Å². The van der Waals surface area contributed by atoms with Crippen molar-refractivity contribution in [3.8, 4) is 11.5 Å². The van der Waals surface area contributed by atoms with Crippen LogP contribution in [0.1, 0.15) is 24.2 Å². The van der Waals surface area contributed by atoms with Crippen molar-refractivity contribution in [2.45, 2.75) is 38.0 Å². The molecule has 3 heterocycles. The number of hydrogen-bond donors (Lipinski definition) is 5. The number of nitrogens with zero attached hydrogens (tertiary/aromatic N) is 4. The molecule has 182 valence electrons. The van der Waals surface area contributed by atoms with E-state index in [2.05, 4.69) is 20.3 Å². The van der Waals surface area contributed by atoms with Gasteiger partial charge in [0.2, 0.25) is 0 Å². The Morgan fingerprint density at radius 1 is 1.21 bits per heavy atom. The van der Waals surface area contributed by atoms with Crippen LogP contribution in [0.5, 0.6) is 11.5 Å². The fourth-order valence-electron chi connectivity index (χ4n) is 3.84. The molecule has 6 N–H and O–H groups in total. The normalized spacial score (nSPS) is 24.3. The molecule has 13 nitrogen and oxygen atoms in total. The molecule has 1 saturated heterocycles. The highest BCUT2D eigenvalue weighted by Crippen LogP contribution is 2.36. The molecule has 0 saturated carbocycles. The van der Waals surface area contributed by atoms with Crippen LogP contribution in [0.3, 0.4) is 0 Å². The molecular weight excluding hydrogens is 448 g/mol. The maximum Gasteiger partial charge on any atom is 0.258 e. The van der Waals surface area contributed by atoms with Gasteiger partial charge in [0.05, 0.1) is 19.8 Å². The van der Waals surface area contributed by atoms with E-state index < -0.39 is 36.7 Å². The zero-order valence-corrected chi connectivity index (χ0v) is 18.6. The summed E-state index contributed by atoms with van der Waals surface area (Å²) < 4.78 is 18.2. The Kier molecular flexibility index (Phi) is 6.52. The average Bonchev–Trinajstić information content (AvgIpc) is 3.37. The first-order valence-electron chi connectivity index (χ1n) is 10.7. The minimum Gasteiger partial charge on any atom is -0.490 e. The molecule has 0 bridgehead atoms. The Morgan fingerprint density at radius 2 is 1.94 bits per heavy atom. The number of amides is 1. The van der Waals surface area contributed by atoms with Crippen LogP contribution in [-0.2, 0) is 10.6 Å². The van der Waals surface area contributed by atoms with Crippen molar-refractivity contribution in [3.63, 3.8) is 0 Å². The highest BCUT2D eigenvalue weighted by molar-refractivity contribution is 5.95. The zero-order chi connectivity index (χ0) is 24.5. The van der Waals surface area contributed by atoms with Crippen LogP contribution in [0.4, 0.5) is 5.82 Å². The third kappa shape index (κ3) is 3.88. The molecule has 2 aromatic heterocycles. The van der Waals surface area contributed by atoms with Crippen molar-refractivity contribution in [1.29, 1.82) is 0 Å². The van der Waals surface area contributed by atoms with E-state index in [4.69, 9.17) is 19.9 Å². The number of ether oxygens (including phenoxy) is 3. The van der Waals surface area contributed by atoms with Crippen molar-refractivity contribution in [2.75, 3.05) is 25.6 Å². The third-order valence-electron chi connectivity index (χ3n) is 5.43. The van der Waals surface area contributed by atoms with Gasteiger partial charge in [-0.15, -0.1) is 0 Å². The lowest BCUT2D eigenvalue weighted by atomic mass is 10.1. The van der Waals surface area contributed by atoms with Crippen LogP contribution in [0.25, 0.3) is 11.2 Å². The molecule has 4 rings (SSSR count). The number of imidazole rings is 1. The second-order valence-electron chi connectivity index (χ2n) is 7.50. The van der Waals surface area contributed by atoms with E-state index in [0.29, 0.717) is 24.7 Å². The molecule has 0 radical (unpaired) electrons. The standard InChI is InChI=1S/C21H26N6O7/c1-3-32-12-6-5-11(7-13(12)33-4-2)20(31)26-21(17(30)16(29)14(8-28)34-21)27-10-25-15-18(22)23-9-24-19(15)27/h5-7,9-10,14,16-17,28-30H,3-4,8H2,1-2H3,(H,26,31)(H2,22,23,24)/t14-,16-,17-,21+/m1/s1. The van der Waals surface area contributed by atoms with Gasteiger partial charge in [-0.1, -0.05) is 0 Å². The number of anilines is 1. The van der Waals surface area contributed by atoms with Gasteiger partial charge in [0.15, 0.2) is 29.1 Å². The molecule has 13 heteroatoms. The summed E-state index contributed by atoms with van der Waals surface area (Å²) >= 11 is 0. The number of nitrogens with two attached hydrogens (primary N) is 1. The number of carbonyl (C=O) groups excluding carboxylic acids is 1. The van der Waals surface area contributed by atoms with E-state index in [1.54, 1.807) is 13.0 Å². The van der Waals surface area contributed by atoms with Gasteiger partial charge in [0.25, 0.3) is 11.8 Å². The third-order valence-corrected chi connectivity index (χ3v) is 5.43. The lowest BCUT2D eigenvalue weighted by molar-refractivity contribution is -0.160. The zero-order valence-electron chi connectivity index (χ0n) is 18.6. The van der Waals surface area contributed by atoms with Crippen LogP contribution in [0, 0.1) is 0 Å². The quantitative estimate of drug-likeness (QED) is 0.279. The molecule has 1 amide bonds. The molecule has 4 atom stereocenters.